The van der Waals surface area contributed by atoms with Gasteiger partial charge >= 0.3 is 5.69 Å². The van der Waals surface area contributed by atoms with Gasteiger partial charge in [-0.3, -0.25) is 4.40 Å². The minimum absolute atomic E-state index is 0.408. The van der Waals surface area contributed by atoms with Crippen LogP contribution in [0.25, 0.3) is 44.5 Å². The first-order valence-electron chi connectivity index (χ1n) is 8.92. The van der Waals surface area contributed by atoms with E-state index in [1.54, 1.807) is 0 Å². The molecule has 0 atom stereocenters. The number of hydrogen-bond donors (Lipinski definition) is 1. The molecule has 0 spiro atoms. The van der Waals surface area contributed by atoms with E-state index in [1.165, 1.54) is 10.8 Å². The van der Waals surface area contributed by atoms with E-state index < -0.39 is 5.69 Å². The Balaban J connectivity index is 2.01. The third-order valence-corrected chi connectivity index (χ3v) is 5.06. The zero-order valence-electron chi connectivity index (χ0n) is 14.9. The molecule has 0 amide bonds. The minimum Gasteiger partial charge on any atom is -0.275 e. The van der Waals surface area contributed by atoms with E-state index in [9.17, 15) is 10.1 Å². The van der Waals surface area contributed by atoms with Gasteiger partial charge in [0, 0.05) is 5.56 Å². The molecule has 0 aliphatic rings. The Hall–Kier alpha value is -4.51. The fraction of sp³-hybridized carbons (Fsp3) is 0. The number of H-pyrrole nitrogens is 1. The number of pyridine rings is 1. The molecule has 1 N–H and O–H groups in total. The first kappa shape index (κ1) is 15.5. The quantitative estimate of drug-likeness (QED) is 0.474. The summed E-state index contributed by atoms with van der Waals surface area (Å²) in [5, 5.41) is 13.4. The molecular weight excluding hydrogens is 366 g/mol. The molecule has 136 valence electrons. The number of benzene rings is 2. The number of nitrogens with one attached hydrogen (secondary N) is 1. The molecule has 6 aromatic rings. The zero-order valence-corrected chi connectivity index (χ0v) is 14.9. The lowest BCUT2D eigenvalue weighted by Gasteiger charge is -2.12. The molecule has 0 aliphatic carbocycles. The van der Waals surface area contributed by atoms with E-state index >= 15 is 0 Å². The van der Waals surface area contributed by atoms with Crippen molar-refractivity contribution >= 4 is 33.4 Å². The summed E-state index contributed by atoms with van der Waals surface area (Å²) in [5.41, 5.74) is 4.52. The van der Waals surface area contributed by atoms with Crippen molar-refractivity contribution in [2.24, 2.45) is 0 Å². The Morgan fingerprint density at radius 3 is 2.55 bits per heavy atom. The van der Waals surface area contributed by atoms with Crippen LogP contribution in [0.1, 0.15) is 5.56 Å². The Kier molecular flexibility index (Phi) is 2.95. The maximum absolute atomic E-state index is 12.0. The molecule has 0 aliphatic heterocycles. The van der Waals surface area contributed by atoms with Crippen LogP contribution in [0.3, 0.4) is 0 Å². The summed E-state index contributed by atoms with van der Waals surface area (Å²) >= 11 is 0. The molecule has 0 saturated carbocycles. The lowest BCUT2D eigenvalue weighted by Crippen LogP contribution is -2.02. The number of fused-ring (bicyclic) bond motifs is 7. The van der Waals surface area contributed by atoms with Crippen molar-refractivity contribution in [2.75, 3.05) is 0 Å². The molecule has 0 bridgehead atoms. The molecule has 2 aromatic carbocycles. The van der Waals surface area contributed by atoms with Crippen molar-refractivity contribution in [3.63, 3.8) is 0 Å². The molecule has 29 heavy (non-hydrogen) atoms. The summed E-state index contributed by atoms with van der Waals surface area (Å²) in [6, 6.07) is 19.5. The standard InChI is InChI=1S/C21H11N7O/c22-10-13-16(12-6-2-1-3-7-12)17-19(23-11-27-20(17)25-21(29)26-27)28-15-9-5-4-8-14(15)24-18(13)28/h1-9,11H,(H,26,29). The van der Waals surface area contributed by atoms with E-state index in [4.69, 9.17) is 4.98 Å². The Morgan fingerprint density at radius 1 is 0.931 bits per heavy atom. The van der Waals surface area contributed by atoms with E-state index in [1.807, 2.05) is 59.0 Å². The average Bonchev–Trinajstić information content (AvgIpc) is 3.33. The van der Waals surface area contributed by atoms with Gasteiger partial charge in [-0.05, 0) is 17.7 Å². The molecular formula is C21H11N7O. The van der Waals surface area contributed by atoms with Gasteiger partial charge < -0.3 is 0 Å². The van der Waals surface area contributed by atoms with Crippen LogP contribution in [0, 0.1) is 11.3 Å². The number of hydrogen-bond acceptors (Lipinski definition) is 5. The van der Waals surface area contributed by atoms with Gasteiger partial charge in [-0.1, -0.05) is 42.5 Å². The lowest BCUT2D eigenvalue weighted by atomic mass is 9.98. The fourth-order valence-electron chi connectivity index (χ4n) is 3.91. The van der Waals surface area contributed by atoms with E-state index in [-0.39, 0.29) is 0 Å². The number of nitrogens with zero attached hydrogens (tertiary/aromatic N) is 6. The molecule has 8 nitrogen and oxygen atoms in total. The van der Waals surface area contributed by atoms with Crippen LogP contribution >= 0.6 is 0 Å². The number of rotatable bonds is 1. The molecule has 4 heterocycles. The van der Waals surface area contributed by atoms with Crippen molar-refractivity contribution in [1.29, 1.82) is 5.26 Å². The highest BCUT2D eigenvalue weighted by molar-refractivity contribution is 6.08. The molecule has 8 heteroatoms. The topological polar surface area (TPSA) is 104 Å². The van der Waals surface area contributed by atoms with E-state index in [0.717, 1.165) is 16.6 Å². The smallest absolute Gasteiger partial charge is 0.275 e. The highest BCUT2D eigenvalue weighted by atomic mass is 16.1. The van der Waals surface area contributed by atoms with E-state index in [2.05, 4.69) is 21.1 Å². The second-order valence-electron chi connectivity index (χ2n) is 6.65. The van der Waals surface area contributed by atoms with Crippen LogP contribution in [0.2, 0.25) is 0 Å². The summed E-state index contributed by atoms with van der Waals surface area (Å²) < 4.78 is 3.33. The van der Waals surface area contributed by atoms with Crippen LogP contribution in [0.4, 0.5) is 0 Å². The molecule has 0 radical (unpaired) electrons. The summed E-state index contributed by atoms with van der Waals surface area (Å²) in [6.45, 7) is 0. The van der Waals surface area contributed by atoms with Gasteiger partial charge in [-0.15, -0.1) is 0 Å². The van der Waals surface area contributed by atoms with Crippen LogP contribution in [0.15, 0.2) is 65.7 Å². The van der Waals surface area contributed by atoms with Gasteiger partial charge in [-0.2, -0.15) is 10.2 Å². The Morgan fingerprint density at radius 2 is 1.72 bits per heavy atom. The highest BCUT2D eigenvalue weighted by Gasteiger charge is 2.23. The monoisotopic (exact) mass is 377 g/mol. The summed E-state index contributed by atoms with van der Waals surface area (Å²) in [4.78, 5) is 25.4. The van der Waals surface area contributed by atoms with Gasteiger partial charge in [0.1, 0.15) is 18.0 Å². The number of nitriles is 1. The lowest BCUT2D eigenvalue weighted by molar-refractivity contribution is 0.908. The molecule has 0 unspecified atom stereocenters. The predicted molar refractivity (Wildman–Crippen MR) is 108 cm³/mol. The molecule has 0 fully saturated rings. The van der Waals surface area contributed by atoms with Gasteiger partial charge in [0.15, 0.2) is 16.9 Å². The van der Waals surface area contributed by atoms with Crippen molar-refractivity contribution in [1.82, 2.24) is 29.0 Å². The first-order chi connectivity index (χ1) is 14.3. The summed E-state index contributed by atoms with van der Waals surface area (Å²) in [6.07, 6.45) is 1.51. The van der Waals surface area contributed by atoms with Crippen LogP contribution in [-0.2, 0) is 0 Å². The van der Waals surface area contributed by atoms with E-state index in [0.29, 0.717) is 33.5 Å². The molecule has 0 saturated heterocycles. The number of imidazole rings is 1. The van der Waals surface area contributed by atoms with Crippen LogP contribution < -0.4 is 5.69 Å². The predicted octanol–water partition coefficient (Wildman–Crippen LogP) is 2.91. The number of aromatic amines is 1. The fourth-order valence-corrected chi connectivity index (χ4v) is 3.91. The number of para-hydroxylation sites is 2. The Labute approximate surface area is 162 Å². The zero-order chi connectivity index (χ0) is 19.5. The maximum atomic E-state index is 12.0. The second kappa shape index (κ2) is 5.50. The maximum Gasteiger partial charge on any atom is 0.362 e. The van der Waals surface area contributed by atoms with Gasteiger partial charge in [0.2, 0.25) is 0 Å². The molecule has 6 rings (SSSR count). The average molecular weight is 377 g/mol. The van der Waals surface area contributed by atoms with Crippen molar-refractivity contribution in [3.8, 4) is 17.2 Å². The molecule has 4 aromatic heterocycles. The normalized spacial score (nSPS) is 11.6. The Bertz CT molecular complexity index is 1680. The van der Waals surface area contributed by atoms with Crippen molar-refractivity contribution < 1.29 is 0 Å². The highest BCUT2D eigenvalue weighted by Crippen LogP contribution is 2.36. The summed E-state index contributed by atoms with van der Waals surface area (Å²) in [7, 11) is 0. The van der Waals surface area contributed by atoms with Crippen molar-refractivity contribution in [3.05, 3.63) is 77.0 Å². The van der Waals surface area contributed by atoms with Gasteiger partial charge in [0.25, 0.3) is 0 Å². The second-order valence-corrected chi connectivity index (χ2v) is 6.65. The third-order valence-electron chi connectivity index (χ3n) is 5.06. The minimum atomic E-state index is -0.479. The SMILES string of the molecule is N#Cc1c(-c2ccccc2)c2c3nc(=O)[nH]n3cnc2n2c1nc1ccccc12. The summed E-state index contributed by atoms with van der Waals surface area (Å²) in [5.74, 6) is 0. The third kappa shape index (κ3) is 2.01. The van der Waals surface area contributed by atoms with Crippen molar-refractivity contribution in [2.45, 2.75) is 0 Å². The number of aromatic nitrogens is 6. The largest absolute Gasteiger partial charge is 0.362 e. The van der Waals surface area contributed by atoms with Gasteiger partial charge in [0.05, 0.1) is 16.4 Å². The van der Waals surface area contributed by atoms with Crippen LogP contribution in [0.5, 0.6) is 0 Å². The first-order valence-corrected chi connectivity index (χ1v) is 8.92. The van der Waals surface area contributed by atoms with Crippen LogP contribution in [-0.4, -0.2) is 29.0 Å². The van der Waals surface area contributed by atoms with Gasteiger partial charge in [-0.25, -0.2) is 24.4 Å².